The lowest BCUT2D eigenvalue weighted by Crippen LogP contribution is -2.55. The van der Waals surface area contributed by atoms with E-state index in [1.807, 2.05) is 0 Å². The molecule has 0 saturated carbocycles. The lowest BCUT2D eigenvalue weighted by molar-refractivity contribution is 0.0309. The van der Waals surface area contributed by atoms with Crippen LogP contribution in [0.3, 0.4) is 0 Å². The van der Waals surface area contributed by atoms with Crippen LogP contribution < -0.4 is 5.32 Å². The van der Waals surface area contributed by atoms with Crippen molar-refractivity contribution in [3.8, 4) is 0 Å². The van der Waals surface area contributed by atoms with E-state index in [9.17, 15) is 0 Å². The van der Waals surface area contributed by atoms with Crippen LogP contribution in [0.5, 0.6) is 0 Å². The van der Waals surface area contributed by atoms with Gasteiger partial charge in [-0.3, -0.25) is 9.80 Å². The predicted octanol–water partition coefficient (Wildman–Crippen LogP) is 0.844. The Labute approximate surface area is 123 Å². The van der Waals surface area contributed by atoms with Crippen molar-refractivity contribution in [2.45, 2.75) is 25.9 Å². The normalized spacial score (nSPS) is 30.3. The summed E-state index contributed by atoms with van der Waals surface area (Å²) in [5.41, 5.74) is 0. The summed E-state index contributed by atoms with van der Waals surface area (Å²) in [5.74, 6) is 0. The molecular weight excluding hydrogens is 273 g/mol. The number of nitrogens with one attached hydrogen (secondary N) is 1. The second-order valence-electron chi connectivity index (χ2n) is 5.18. The molecule has 2 aliphatic rings. The third-order valence-corrected chi connectivity index (χ3v) is 3.47. The summed E-state index contributed by atoms with van der Waals surface area (Å²) in [6, 6.07) is 1.27. The van der Waals surface area contributed by atoms with Crippen LogP contribution in [0.25, 0.3) is 0 Å². The van der Waals surface area contributed by atoms with Gasteiger partial charge in [-0.15, -0.1) is 24.8 Å². The molecule has 2 aliphatic heterocycles. The number of piperazine rings is 1. The summed E-state index contributed by atoms with van der Waals surface area (Å²) in [4.78, 5) is 5.10. The highest BCUT2D eigenvalue weighted by Crippen LogP contribution is 2.04. The minimum absolute atomic E-state index is 0. The maximum atomic E-state index is 5.36. The third-order valence-electron chi connectivity index (χ3n) is 3.47. The summed E-state index contributed by atoms with van der Waals surface area (Å²) in [5, 5.41) is 3.57. The van der Waals surface area contributed by atoms with Crippen molar-refractivity contribution in [3.63, 3.8) is 0 Å². The monoisotopic (exact) mass is 299 g/mol. The van der Waals surface area contributed by atoms with E-state index in [1.165, 1.54) is 26.2 Å². The van der Waals surface area contributed by atoms with Gasteiger partial charge in [0.1, 0.15) is 0 Å². The topological polar surface area (TPSA) is 27.7 Å². The van der Waals surface area contributed by atoms with Gasteiger partial charge in [-0.05, 0) is 13.8 Å². The summed E-state index contributed by atoms with van der Waals surface area (Å²) in [6.45, 7) is 13.4. The number of ether oxygens (including phenoxy) is 1. The van der Waals surface area contributed by atoms with Crippen molar-refractivity contribution in [1.29, 1.82) is 0 Å². The molecule has 2 unspecified atom stereocenters. The standard InChI is InChI=1S/C12H25N3O.2ClH/c1-11-9-15(10-12(2)13-11)4-3-14-5-7-16-8-6-14;;/h11-13H,3-10H2,1-2H3;2*1H. The van der Waals surface area contributed by atoms with Crippen molar-refractivity contribution in [1.82, 2.24) is 15.1 Å². The van der Waals surface area contributed by atoms with Crippen molar-refractivity contribution >= 4 is 24.8 Å². The molecule has 110 valence electrons. The fourth-order valence-corrected chi connectivity index (χ4v) is 2.73. The molecule has 4 nitrogen and oxygen atoms in total. The average Bonchev–Trinajstić information content (AvgIpc) is 2.27. The van der Waals surface area contributed by atoms with E-state index in [2.05, 4.69) is 29.0 Å². The molecule has 0 amide bonds. The highest BCUT2D eigenvalue weighted by Gasteiger charge is 2.21. The molecular formula is C12H27Cl2N3O. The first-order valence-corrected chi connectivity index (χ1v) is 6.52. The highest BCUT2D eigenvalue weighted by molar-refractivity contribution is 5.85. The van der Waals surface area contributed by atoms with Crippen LogP contribution in [0.2, 0.25) is 0 Å². The van der Waals surface area contributed by atoms with Gasteiger partial charge >= 0.3 is 0 Å². The van der Waals surface area contributed by atoms with Crippen molar-refractivity contribution < 1.29 is 4.74 Å². The number of nitrogens with zero attached hydrogens (tertiary/aromatic N) is 2. The molecule has 0 aromatic carbocycles. The van der Waals surface area contributed by atoms with Crippen molar-refractivity contribution in [2.24, 2.45) is 0 Å². The highest BCUT2D eigenvalue weighted by atomic mass is 35.5. The molecule has 0 aromatic heterocycles. The van der Waals surface area contributed by atoms with E-state index in [0.717, 1.165) is 26.3 Å². The van der Waals surface area contributed by atoms with E-state index in [-0.39, 0.29) is 24.8 Å². The van der Waals surface area contributed by atoms with Gasteiger partial charge in [-0.25, -0.2) is 0 Å². The van der Waals surface area contributed by atoms with Gasteiger partial charge < -0.3 is 10.1 Å². The minimum atomic E-state index is 0. The van der Waals surface area contributed by atoms with E-state index in [4.69, 9.17) is 4.74 Å². The van der Waals surface area contributed by atoms with Crippen LogP contribution in [-0.2, 0) is 4.74 Å². The van der Waals surface area contributed by atoms with Gasteiger partial charge in [-0.2, -0.15) is 0 Å². The van der Waals surface area contributed by atoms with Gasteiger partial charge in [0, 0.05) is 51.4 Å². The SMILES string of the molecule is CC1CN(CCN2CCOCC2)CC(C)N1.Cl.Cl. The Bertz CT molecular complexity index is 205. The fraction of sp³-hybridized carbons (Fsp3) is 1.00. The molecule has 0 radical (unpaired) electrons. The Morgan fingerprint density at radius 2 is 1.44 bits per heavy atom. The van der Waals surface area contributed by atoms with Crippen LogP contribution in [0.4, 0.5) is 0 Å². The predicted molar refractivity (Wildman–Crippen MR) is 80.3 cm³/mol. The lowest BCUT2D eigenvalue weighted by atomic mass is 10.1. The summed E-state index contributed by atoms with van der Waals surface area (Å²) >= 11 is 0. The fourth-order valence-electron chi connectivity index (χ4n) is 2.73. The van der Waals surface area contributed by atoms with E-state index in [0.29, 0.717) is 12.1 Å². The number of hydrogen-bond donors (Lipinski definition) is 1. The molecule has 0 aliphatic carbocycles. The van der Waals surface area contributed by atoms with E-state index < -0.39 is 0 Å². The molecule has 0 bridgehead atoms. The second-order valence-corrected chi connectivity index (χ2v) is 5.18. The quantitative estimate of drug-likeness (QED) is 0.836. The Kier molecular flexibility index (Phi) is 9.56. The maximum absolute atomic E-state index is 5.36. The van der Waals surface area contributed by atoms with Crippen LogP contribution in [0, 0.1) is 0 Å². The number of halogens is 2. The molecule has 2 heterocycles. The molecule has 2 saturated heterocycles. The maximum Gasteiger partial charge on any atom is 0.0594 e. The Balaban J connectivity index is 0.00000144. The zero-order chi connectivity index (χ0) is 11.4. The molecule has 1 N–H and O–H groups in total. The van der Waals surface area contributed by atoms with Crippen LogP contribution in [-0.4, -0.2) is 74.4 Å². The van der Waals surface area contributed by atoms with E-state index >= 15 is 0 Å². The molecule has 0 spiro atoms. The lowest BCUT2D eigenvalue weighted by Gasteiger charge is -2.37. The summed E-state index contributed by atoms with van der Waals surface area (Å²) < 4.78 is 5.36. The van der Waals surface area contributed by atoms with Gasteiger partial charge in [0.25, 0.3) is 0 Å². The minimum Gasteiger partial charge on any atom is -0.379 e. The molecule has 0 aromatic rings. The van der Waals surface area contributed by atoms with Crippen molar-refractivity contribution in [3.05, 3.63) is 0 Å². The smallest absolute Gasteiger partial charge is 0.0594 e. The Morgan fingerprint density at radius 1 is 0.944 bits per heavy atom. The molecule has 6 heteroatoms. The first kappa shape index (κ1) is 18.4. The average molecular weight is 300 g/mol. The van der Waals surface area contributed by atoms with E-state index in [1.54, 1.807) is 0 Å². The number of rotatable bonds is 3. The zero-order valence-electron chi connectivity index (χ0n) is 11.4. The number of morpholine rings is 1. The van der Waals surface area contributed by atoms with Crippen LogP contribution in [0.15, 0.2) is 0 Å². The molecule has 2 atom stereocenters. The van der Waals surface area contributed by atoms with Crippen molar-refractivity contribution in [2.75, 3.05) is 52.5 Å². The van der Waals surface area contributed by atoms with Gasteiger partial charge in [0.2, 0.25) is 0 Å². The Hall–Kier alpha value is 0.420. The first-order chi connectivity index (χ1) is 7.74. The van der Waals surface area contributed by atoms with Gasteiger partial charge in [0.05, 0.1) is 13.2 Å². The van der Waals surface area contributed by atoms with Gasteiger partial charge in [0.15, 0.2) is 0 Å². The second kappa shape index (κ2) is 9.34. The molecule has 2 fully saturated rings. The third kappa shape index (κ3) is 6.04. The van der Waals surface area contributed by atoms with Gasteiger partial charge in [-0.1, -0.05) is 0 Å². The summed E-state index contributed by atoms with van der Waals surface area (Å²) in [7, 11) is 0. The zero-order valence-corrected chi connectivity index (χ0v) is 13.1. The van der Waals surface area contributed by atoms with Crippen LogP contribution in [0.1, 0.15) is 13.8 Å². The molecule has 2 rings (SSSR count). The first-order valence-electron chi connectivity index (χ1n) is 6.52. The Morgan fingerprint density at radius 3 is 2.00 bits per heavy atom. The molecule has 18 heavy (non-hydrogen) atoms. The van der Waals surface area contributed by atoms with Crippen LogP contribution >= 0.6 is 24.8 Å². The summed E-state index contributed by atoms with van der Waals surface area (Å²) in [6.07, 6.45) is 0. The largest absolute Gasteiger partial charge is 0.379 e. The number of hydrogen-bond acceptors (Lipinski definition) is 4.